The van der Waals surface area contributed by atoms with Crippen molar-refractivity contribution in [3.8, 4) is 11.3 Å². The van der Waals surface area contributed by atoms with Gasteiger partial charge in [-0.25, -0.2) is 4.98 Å². The lowest BCUT2D eigenvalue weighted by Crippen LogP contribution is -2.27. The molecule has 0 saturated heterocycles. The molecule has 5 heteroatoms. The third-order valence-corrected chi connectivity index (χ3v) is 3.93. The fourth-order valence-electron chi connectivity index (χ4n) is 2.53. The van der Waals surface area contributed by atoms with Gasteiger partial charge in [-0.05, 0) is 31.0 Å². The predicted octanol–water partition coefficient (Wildman–Crippen LogP) is 3.17. The Hall–Kier alpha value is -3.21. The molecule has 3 rings (SSSR count). The number of hydrogen-bond acceptors (Lipinski definition) is 3. The van der Waals surface area contributed by atoms with Crippen LogP contribution in [0.4, 0.5) is 5.69 Å². The van der Waals surface area contributed by atoms with E-state index >= 15 is 0 Å². The van der Waals surface area contributed by atoms with E-state index in [0.717, 1.165) is 22.4 Å². The molecule has 0 aliphatic carbocycles. The van der Waals surface area contributed by atoms with E-state index in [2.05, 4.69) is 10.3 Å². The van der Waals surface area contributed by atoms with Gasteiger partial charge in [-0.3, -0.25) is 14.2 Å². The van der Waals surface area contributed by atoms with Crippen LogP contribution in [-0.4, -0.2) is 15.5 Å². The Morgan fingerprint density at radius 3 is 2.56 bits per heavy atom. The molecule has 126 valence electrons. The highest BCUT2D eigenvalue weighted by Gasteiger charge is 2.09. The summed E-state index contributed by atoms with van der Waals surface area (Å²) in [5.41, 5.74) is 4.00. The normalized spacial score (nSPS) is 10.5. The molecule has 0 aliphatic rings. The maximum absolute atomic E-state index is 12.3. The van der Waals surface area contributed by atoms with Crippen LogP contribution in [0.15, 0.2) is 65.7 Å². The van der Waals surface area contributed by atoms with Gasteiger partial charge in [0, 0.05) is 17.3 Å². The summed E-state index contributed by atoms with van der Waals surface area (Å²) in [6.07, 6.45) is 1.41. The van der Waals surface area contributed by atoms with Crippen LogP contribution < -0.4 is 10.9 Å². The first-order valence-electron chi connectivity index (χ1n) is 8.02. The van der Waals surface area contributed by atoms with Crippen LogP contribution in [0.25, 0.3) is 11.3 Å². The molecule has 25 heavy (non-hydrogen) atoms. The van der Waals surface area contributed by atoms with Crippen molar-refractivity contribution >= 4 is 11.6 Å². The van der Waals surface area contributed by atoms with Crippen LogP contribution in [0.5, 0.6) is 0 Å². The number of carbonyl (C=O) groups is 1. The minimum absolute atomic E-state index is 0.0751. The van der Waals surface area contributed by atoms with Crippen molar-refractivity contribution in [2.45, 2.75) is 20.4 Å². The number of benzene rings is 2. The molecule has 0 unspecified atom stereocenters. The van der Waals surface area contributed by atoms with Crippen molar-refractivity contribution in [2.75, 3.05) is 5.32 Å². The van der Waals surface area contributed by atoms with Gasteiger partial charge >= 0.3 is 0 Å². The van der Waals surface area contributed by atoms with Crippen LogP contribution in [0.2, 0.25) is 0 Å². The van der Waals surface area contributed by atoms with Crippen molar-refractivity contribution in [3.05, 3.63) is 82.4 Å². The summed E-state index contributed by atoms with van der Waals surface area (Å²) in [4.78, 5) is 28.8. The maximum Gasteiger partial charge on any atom is 0.254 e. The van der Waals surface area contributed by atoms with E-state index < -0.39 is 0 Å². The Bertz CT molecular complexity index is 962. The van der Waals surface area contributed by atoms with E-state index in [9.17, 15) is 9.59 Å². The quantitative estimate of drug-likeness (QED) is 0.797. The van der Waals surface area contributed by atoms with Crippen LogP contribution >= 0.6 is 0 Å². The van der Waals surface area contributed by atoms with Gasteiger partial charge in [0.05, 0.1) is 12.0 Å². The smallest absolute Gasteiger partial charge is 0.254 e. The number of amides is 1. The number of hydrogen-bond donors (Lipinski definition) is 1. The Morgan fingerprint density at radius 1 is 1.08 bits per heavy atom. The molecule has 0 spiro atoms. The van der Waals surface area contributed by atoms with Crippen molar-refractivity contribution in [1.82, 2.24) is 9.55 Å². The zero-order valence-corrected chi connectivity index (χ0v) is 14.2. The summed E-state index contributed by atoms with van der Waals surface area (Å²) < 4.78 is 1.30. The van der Waals surface area contributed by atoms with E-state index in [0.29, 0.717) is 5.69 Å². The van der Waals surface area contributed by atoms with E-state index in [-0.39, 0.29) is 18.0 Å². The third kappa shape index (κ3) is 4.01. The van der Waals surface area contributed by atoms with Gasteiger partial charge in [0.1, 0.15) is 6.54 Å². The van der Waals surface area contributed by atoms with E-state index in [1.807, 2.05) is 62.4 Å². The molecule has 1 heterocycles. The SMILES string of the molecule is Cc1ccc(C)c(NC(=O)Cn2cnc(-c3ccccc3)cc2=O)c1. The van der Waals surface area contributed by atoms with E-state index in [4.69, 9.17) is 0 Å². The van der Waals surface area contributed by atoms with Gasteiger partial charge in [0.2, 0.25) is 5.91 Å². The first-order chi connectivity index (χ1) is 12.0. The molecular weight excluding hydrogens is 314 g/mol. The van der Waals surface area contributed by atoms with Crippen LogP contribution in [0, 0.1) is 13.8 Å². The van der Waals surface area contributed by atoms with E-state index in [1.165, 1.54) is 17.0 Å². The van der Waals surface area contributed by atoms with Crippen molar-refractivity contribution in [3.63, 3.8) is 0 Å². The summed E-state index contributed by atoms with van der Waals surface area (Å²) in [5, 5.41) is 2.85. The van der Waals surface area contributed by atoms with Gasteiger partial charge in [-0.15, -0.1) is 0 Å². The van der Waals surface area contributed by atoms with Gasteiger partial charge in [-0.1, -0.05) is 42.5 Å². The molecule has 0 bridgehead atoms. The zero-order chi connectivity index (χ0) is 17.8. The summed E-state index contributed by atoms with van der Waals surface area (Å²) in [7, 11) is 0. The number of rotatable bonds is 4. The molecule has 1 aromatic heterocycles. The average Bonchev–Trinajstić information content (AvgIpc) is 2.60. The highest BCUT2D eigenvalue weighted by Crippen LogP contribution is 2.16. The Balaban J connectivity index is 1.76. The summed E-state index contributed by atoms with van der Waals surface area (Å²) >= 11 is 0. The maximum atomic E-state index is 12.3. The molecular formula is C20H19N3O2. The lowest BCUT2D eigenvalue weighted by atomic mass is 10.1. The second-order valence-corrected chi connectivity index (χ2v) is 5.97. The zero-order valence-electron chi connectivity index (χ0n) is 14.2. The standard InChI is InChI=1S/C20H19N3O2/c1-14-8-9-15(2)17(10-14)22-19(24)12-23-13-21-18(11-20(23)25)16-6-4-3-5-7-16/h3-11,13H,12H2,1-2H3,(H,22,24). The number of aryl methyl sites for hydroxylation is 2. The Morgan fingerprint density at radius 2 is 1.84 bits per heavy atom. The fourth-order valence-corrected chi connectivity index (χ4v) is 2.53. The van der Waals surface area contributed by atoms with Crippen molar-refractivity contribution in [2.24, 2.45) is 0 Å². The number of nitrogens with one attached hydrogen (secondary N) is 1. The molecule has 0 fully saturated rings. The Labute approximate surface area is 146 Å². The second kappa shape index (κ2) is 7.13. The number of nitrogens with zero attached hydrogens (tertiary/aromatic N) is 2. The first-order valence-corrected chi connectivity index (χ1v) is 8.02. The second-order valence-electron chi connectivity index (χ2n) is 5.97. The molecule has 0 aliphatic heterocycles. The molecule has 3 aromatic rings. The molecule has 1 amide bonds. The first kappa shape index (κ1) is 16.6. The predicted molar refractivity (Wildman–Crippen MR) is 98.5 cm³/mol. The van der Waals surface area contributed by atoms with Gasteiger partial charge in [0.25, 0.3) is 5.56 Å². The largest absolute Gasteiger partial charge is 0.324 e. The van der Waals surface area contributed by atoms with Crippen molar-refractivity contribution < 1.29 is 4.79 Å². The molecule has 2 aromatic carbocycles. The van der Waals surface area contributed by atoms with Crippen LogP contribution in [-0.2, 0) is 11.3 Å². The van der Waals surface area contributed by atoms with Crippen LogP contribution in [0.1, 0.15) is 11.1 Å². The van der Waals surface area contributed by atoms with Crippen molar-refractivity contribution in [1.29, 1.82) is 0 Å². The lowest BCUT2D eigenvalue weighted by molar-refractivity contribution is -0.116. The fraction of sp³-hybridized carbons (Fsp3) is 0.150. The third-order valence-electron chi connectivity index (χ3n) is 3.93. The highest BCUT2D eigenvalue weighted by atomic mass is 16.2. The van der Waals surface area contributed by atoms with Gasteiger partial charge in [0.15, 0.2) is 0 Å². The minimum Gasteiger partial charge on any atom is -0.324 e. The lowest BCUT2D eigenvalue weighted by Gasteiger charge is -2.10. The van der Waals surface area contributed by atoms with Gasteiger partial charge < -0.3 is 5.32 Å². The average molecular weight is 333 g/mol. The highest BCUT2D eigenvalue weighted by molar-refractivity contribution is 5.91. The monoisotopic (exact) mass is 333 g/mol. The number of aromatic nitrogens is 2. The molecule has 1 N–H and O–H groups in total. The minimum atomic E-state index is -0.259. The topological polar surface area (TPSA) is 64.0 Å². The number of anilines is 1. The summed E-state index contributed by atoms with van der Waals surface area (Å²) in [6, 6.07) is 16.8. The molecule has 0 radical (unpaired) electrons. The van der Waals surface area contributed by atoms with Crippen LogP contribution in [0.3, 0.4) is 0 Å². The molecule has 5 nitrogen and oxygen atoms in total. The summed E-state index contributed by atoms with van der Waals surface area (Å²) in [6.45, 7) is 3.82. The molecule has 0 saturated carbocycles. The molecule has 0 atom stereocenters. The Kier molecular flexibility index (Phi) is 4.75. The summed E-state index contributed by atoms with van der Waals surface area (Å²) in [5.74, 6) is -0.259. The van der Waals surface area contributed by atoms with E-state index in [1.54, 1.807) is 0 Å². The van der Waals surface area contributed by atoms with Gasteiger partial charge in [-0.2, -0.15) is 0 Å². The number of carbonyl (C=O) groups excluding carboxylic acids is 1.